The minimum absolute atomic E-state index is 0.0966. The molecule has 0 radical (unpaired) electrons. The molecule has 0 unspecified atom stereocenters. The maximum Gasteiger partial charge on any atom is 0.179 e. The summed E-state index contributed by atoms with van der Waals surface area (Å²) in [5, 5.41) is 0. The molecule has 0 saturated heterocycles. The molecule has 0 bridgehead atoms. The van der Waals surface area contributed by atoms with Gasteiger partial charge in [-0.1, -0.05) is 92.7 Å². The molecule has 0 aliphatic carbocycles. The largest absolute Gasteiger partial charge is 0.291 e. The minimum atomic E-state index is -3.38. The van der Waals surface area contributed by atoms with Crippen molar-refractivity contribution in [1.82, 2.24) is 4.90 Å². The van der Waals surface area contributed by atoms with Gasteiger partial charge in [0.15, 0.2) is 9.84 Å². The van der Waals surface area contributed by atoms with Gasteiger partial charge in [0.2, 0.25) is 0 Å². The first-order valence-corrected chi connectivity index (χ1v) is 11.7. The van der Waals surface area contributed by atoms with Crippen LogP contribution in [0.25, 0.3) is 0 Å². The predicted molar refractivity (Wildman–Crippen MR) is 119 cm³/mol. The molecule has 3 aromatic rings. The van der Waals surface area contributed by atoms with Gasteiger partial charge in [0, 0.05) is 19.1 Å². The van der Waals surface area contributed by atoms with Crippen LogP contribution in [0.15, 0.2) is 95.9 Å². The van der Waals surface area contributed by atoms with Crippen LogP contribution in [0.5, 0.6) is 0 Å². The Hall–Kier alpha value is -2.43. The van der Waals surface area contributed by atoms with Gasteiger partial charge >= 0.3 is 0 Å². The summed E-state index contributed by atoms with van der Waals surface area (Å²) < 4.78 is 26.3. The first-order valence-electron chi connectivity index (χ1n) is 10.1. The molecule has 0 aliphatic heterocycles. The number of rotatable bonds is 9. The highest BCUT2D eigenvalue weighted by atomic mass is 32.2. The Kier molecular flexibility index (Phi) is 7.24. The van der Waals surface area contributed by atoms with Crippen molar-refractivity contribution >= 4 is 9.84 Å². The summed E-state index contributed by atoms with van der Waals surface area (Å²) in [5.41, 5.74) is 2.37. The summed E-state index contributed by atoms with van der Waals surface area (Å²) in [6, 6.07) is 29.2. The number of nitrogens with zero attached hydrogens (tertiary/aromatic N) is 1. The maximum absolute atomic E-state index is 13.1. The Balaban J connectivity index is 1.91. The second-order valence-electron chi connectivity index (χ2n) is 7.78. The van der Waals surface area contributed by atoms with Crippen LogP contribution in [0, 0.1) is 5.92 Å². The first kappa shape index (κ1) is 21.3. The summed E-state index contributed by atoms with van der Waals surface area (Å²) in [6.45, 7) is 5.63. The molecule has 1 atom stereocenters. The second-order valence-corrected chi connectivity index (χ2v) is 9.82. The van der Waals surface area contributed by atoms with E-state index in [9.17, 15) is 8.42 Å². The number of hydrogen-bond acceptors (Lipinski definition) is 3. The molecule has 4 heteroatoms. The lowest BCUT2D eigenvalue weighted by atomic mass is 10.0. The van der Waals surface area contributed by atoms with Gasteiger partial charge < -0.3 is 0 Å². The second kappa shape index (κ2) is 9.86. The lowest BCUT2D eigenvalue weighted by Crippen LogP contribution is -2.43. The van der Waals surface area contributed by atoms with Gasteiger partial charge in [-0.25, -0.2) is 8.42 Å². The number of benzene rings is 3. The van der Waals surface area contributed by atoms with Crippen LogP contribution in [0.4, 0.5) is 0 Å². The lowest BCUT2D eigenvalue weighted by molar-refractivity contribution is 0.153. The summed E-state index contributed by atoms with van der Waals surface area (Å²) in [5.74, 6) is 0.301. The van der Waals surface area contributed by atoms with Gasteiger partial charge in [-0.3, -0.25) is 4.90 Å². The van der Waals surface area contributed by atoms with E-state index in [1.165, 1.54) is 11.1 Å². The quantitative estimate of drug-likeness (QED) is 0.490. The average molecular weight is 408 g/mol. The van der Waals surface area contributed by atoms with Crippen molar-refractivity contribution < 1.29 is 8.42 Å². The monoisotopic (exact) mass is 407 g/mol. The van der Waals surface area contributed by atoms with Crippen molar-refractivity contribution in [3.63, 3.8) is 0 Å². The molecular formula is C25H29NO2S. The first-order chi connectivity index (χ1) is 14.0. The van der Waals surface area contributed by atoms with Crippen molar-refractivity contribution in [3.8, 4) is 0 Å². The van der Waals surface area contributed by atoms with Gasteiger partial charge in [0.1, 0.15) is 0 Å². The lowest BCUT2D eigenvalue weighted by Gasteiger charge is -2.34. The molecule has 0 fully saturated rings. The Morgan fingerprint density at radius 1 is 0.690 bits per heavy atom. The molecule has 0 spiro atoms. The van der Waals surface area contributed by atoms with E-state index >= 15 is 0 Å². The van der Waals surface area contributed by atoms with Crippen molar-refractivity contribution in [1.29, 1.82) is 0 Å². The van der Waals surface area contributed by atoms with Crippen LogP contribution in [0.1, 0.15) is 25.0 Å². The van der Waals surface area contributed by atoms with E-state index in [1.807, 2.05) is 42.5 Å². The van der Waals surface area contributed by atoms with Crippen molar-refractivity contribution in [2.45, 2.75) is 37.9 Å². The van der Waals surface area contributed by atoms with Crippen molar-refractivity contribution in [2.75, 3.05) is 5.75 Å². The summed E-state index contributed by atoms with van der Waals surface area (Å²) in [7, 11) is -3.38. The fraction of sp³-hybridized carbons (Fsp3) is 0.280. The zero-order chi connectivity index (χ0) is 20.7. The topological polar surface area (TPSA) is 37.4 Å². The molecule has 3 rings (SSSR count). The third-order valence-corrected chi connectivity index (χ3v) is 6.96. The Morgan fingerprint density at radius 3 is 1.52 bits per heavy atom. The Morgan fingerprint density at radius 2 is 1.10 bits per heavy atom. The molecule has 0 aromatic heterocycles. The smallest absolute Gasteiger partial charge is 0.179 e. The summed E-state index contributed by atoms with van der Waals surface area (Å²) >= 11 is 0. The summed E-state index contributed by atoms with van der Waals surface area (Å²) in [4.78, 5) is 2.69. The zero-order valence-corrected chi connectivity index (χ0v) is 17.9. The van der Waals surface area contributed by atoms with Crippen LogP contribution < -0.4 is 0 Å². The highest BCUT2D eigenvalue weighted by Gasteiger charge is 2.29. The summed E-state index contributed by atoms with van der Waals surface area (Å²) in [6.07, 6.45) is 0. The highest BCUT2D eigenvalue weighted by Crippen LogP contribution is 2.23. The Bertz CT molecular complexity index is 930. The Labute approximate surface area is 174 Å². The van der Waals surface area contributed by atoms with Crippen LogP contribution in [0.2, 0.25) is 0 Å². The van der Waals surface area contributed by atoms with E-state index in [2.05, 4.69) is 43.0 Å². The third kappa shape index (κ3) is 6.02. The van der Waals surface area contributed by atoms with Gasteiger partial charge in [-0.05, 0) is 29.2 Å². The molecule has 29 heavy (non-hydrogen) atoms. The van der Waals surface area contributed by atoms with E-state index in [0.29, 0.717) is 18.0 Å². The van der Waals surface area contributed by atoms with Gasteiger partial charge in [0.05, 0.1) is 10.6 Å². The molecule has 0 aliphatic rings. The van der Waals surface area contributed by atoms with E-state index in [4.69, 9.17) is 0 Å². The number of sulfone groups is 1. The standard InChI is InChI=1S/C25H29NO2S/c1-21(2)25(20-29(27,28)24-16-10-5-11-17-24)26(18-22-12-6-3-7-13-22)19-23-14-8-4-9-15-23/h3-17,21,25H,18-20H2,1-2H3/t25-/m0/s1. The van der Waals surface area contributed by atoms with Crippen LogP contribution in [-0.2, 0) is 22.9 Å². The van der Waals surface area contributed by atoms with Crippen LogP contribution in [0.3, 0.4) is 0 Å². The van der Waals surface area contributed by atoms with Crippen molar-refractivity contribution in [2.24, 2.45) is 5.92 Å². The SMILES string of the molecule is CC(C)[C@H](CS(=O)(=O)c1ccccc1)N(Cc1ccccc1)Cc1ccccc1. The molecule has 0 saturated carbocycles. The van der Waals surface area contributed by atoms with Crippen LogP contribution in [-0.4, -0.2) is 25.1 Å². The molecule has 0 amide bonds. The third-order valence-electron chi connectivity index (χ3n) is 5.19. The van der Waals surface area contributed by atoms with Gasteiger partial charge in [0.25, 0.3) is 0 Å². The molecule has 3 nitrogen and oxygen atoms in total. The minimum Gasteiger partial charge on any atom is -0.291 e. The van der Waals surface area contributed by atoms with E-state index in [1.54, 1.807) is 24.3 Å². The normalized spacial score (nSPS) is 13.0. The molecule has 0 N–H and O–H groups in total. The van der Waals surface area contributed by atoms with Crippen molar-refractivity contribution in [3.05, 3.63) is 102 Å². The zero-order valence-electron chi connectivity index (χ0n) is 17.1. The molecular weight excluding hydrogens is 378 g/mol. The molecule has 0 heterocycles. The number of hydrogen-bond donors (Lipinski definition) is 0. The molecule has 152 valence electrons. The molecule has 3 aromatic carbocycles. The highest BCUT2D eigenvalue weighted by molar-refractivity contribution is 7.91. The van der Waals surface area contributed by atoms with E-state index in [0.717, 1.165) is 0 Å². The maximum atomic E-state index is 13.1. The average Bonchev–Trinajstić information content (AvgIpc) is 2.74. The van der Waals surface area contributed by atoms with Crippen LogP contribution >= 0.6 is 0 Å². The van der Waals surface area contributed by atoms with Gasteiger partial charge in [-0.15, -0.1) is 0 Å². The predicted octanol–water partition coefficient (Wildman–Crippen LogP) is 5.19. The van der Waals surface area contributed by atoms with E-state index in [-0.39, 0.29) is 17.7 Å². The fourth-order valence-corrected chi connectivity index (χ4v) is 5.40. The van der Waals surface area contributed by atoms with E-state index < -0.39 is 9.84 Å². The van der Waals surface area contributed by atoms with Gasteiger partial charge in [-0.2, -0.15) is 0 Å². The fourth-order valence-electron chi connectivity index (χ4n) is 3.59.